The van der Waals surface area contributed by atoms with Crippen LogP contribution in [0.15, 0.2) is 54.7 Å². The Morgan fingerprint density at radius 2 is 1.87 bits per heavy atom. The maximum Gasteiger partial charge on any atom is 0.220 e. The van der Waals surface area contributed by atoms with Crippen LogP contribution in [0.1, 0.15) is 23.5 Å². The molecular formula is C24H28FN3O2. The molecule has 0 radical (unpaired) electrons. The summed E-state index contributed by atoms with van der Waals surface area (Å²) < 4.78 is 21.0. The smallest absolute Gasteiger partial charge is 0.220 e. The number of carbonyl (C=O) groups excluding carboxylic acids is 1. The number of benzene rings is 2. The van der Waals surface area contributed by atoms with Crippen LogP contribution in [0.2, 0.25) is 0 Å². The van der Waals surface area contributed by atoms with Crippen molar-refractivity contribution in [2.45, 2.75) is 12.3 Å². The number of hydrogen-bond donors (Lipinski definition) is 1. The Kier molecular flexibility index (Phi) is 6.45. The lowest BCUT2D eigenvalue weighted by Crippen LogP contribution is -2.41. The number of aryl methyl sites for hydroxylation is 1. The zero-order chi connectivity index (χ0) is 20.9. The van der Waals surface area contributed by atoms with E-state index in [4.69, 9.17) is 4.74 Å². The van der Waals surface area contributed by atoms with Crippen molar-refractivity contribution in [2.24, 2.45) is 7.05 Å². The van der Waals surface area contributed by atoms with Gasteiger partial charge in [-0.2, -0.15) is 0 Å². The molecule has 1 N–H and O–H groups in total. The highest BCUT2D eigenvalue weighted by molar-refractivity contribution is 5.86. The third-order valence-corrected chi connectivity index (χ3v) is 5.82. The molecule has 6 heteroatoms. The summed E-state index contributed by atoms with van der Waals surface area (Å²) in [5.41, 5.74) is 3.14. The number of fused-ring (bicyclic) bond motifs is 1. The Labute approximate surface area is 176 Å². The Morgan fingerprint density at radius 1 is 1.13 bits per heavy atom. The molecule has 1 aliphatic rings. The third-order valence-electron chi connectivity index (χ3n) is 5.82. The number of ether oxygens (including phenoxy) is 1. The number of carbonyl (C=O) groups is 1. The number of hydrogen-bond acceptors (Lipinski definition) is 3. The lowest BCUT2D eigenvalue weighted by molar-refractivity contribution is -0.121. The Morgan fingerprint density at radius 3 is 2.63 bits per heavy atom. The molecule has 1 atom stereocenters. The van der Waals surface area contributed by atoms with E-state index < -0.39 is 0 Å². The summed E-state index contributed by atoms with van der Waals surface area (Å²) in [6, 6.07) is 14.7. The first-order valence-electron chi connectivity index (χ1n) is 10.5. The van der Waals surface area contributed by atoms with Gasteiger partial charge >= 0.3 is 0 Å². The van der Waals surface area contributed by atoms with Gasteiger partial charge in [0, 0.05) is 62.7 Å². The van der Waals surface area contributed by atoms with Gasteiger partial charge in [-0.25, -0.2) is 4.39 Å². The van der Waals surface area contributed by atoms with E-state index in [2.05, 4.69) is 33.1 Å². The second-order valence-electron chi connectivity index (χ2n) is 7.82. The highest BCUT2D eigenvalue weighted by Gasteiger charge is 2.22. The molecule has 2 aromatic carbocycles. The van der Waals surface area contributed by atoms with E-state index >= 15 is 0 Å². The van der Waals surface area contributed by atoms with Crippen molar-refractivity contribution in [1.29, 1.82) is 0 Å². The van der Waals surface area contributed by atoms with Crippen LogP contribution >= 0.6 is 0 Å². The lowest BCUT2D eigenvalue weighted by Gasteiger charge is -2.26. The third kappa shape index (κ3) is 4.71. The SMILES string of the molecule is Cn1cc(C(CC(=O)NCCN2CCOCC2)c2ccc(F)cc2)c2ccccc21. The van der Waals surface area contributed by atoms with Crippen LogP contribution in [0.3, 0.4) is 0 Å². The first kappa shape index (κ1) is 20.6. The van der Waals surface area contributed by atoms with E-state index in [1.54, 1.807) is 12.1 Å². The Hall–Kier alpha value is -2.70. The van der Waals surface area contributed by atoms with Crippen LogP contribution in [0.25, 0.3) is 10.9 Å². The van der Waals surface area contributed by atoms with Crippen molar-refractivity contribution in [1.82, 2.24) is 14.8 Å². The number of para-hydroxylation sites is 1. The first-order valence-corrected chi connectivity index (χ1v) is 10.5. The molecule has 4 rings (SSSR count). The molecule has 1 fully saturated rings. The average molecular weight is 410 g/mol. The summed E-state index contributed by atoms with van der Waals surface area (Å²) in [5.74, 6) is -0.406. The molecule has 1 amide bonds. The van der Waals surface area contributed by atoms with Gasteiger partial charge in [0.1, 0.15) is 5.82 Å². The number of aromatic nitrogens is 1. The van der Waals surface area contributed by atoms with Crippen molar-refractivity contribution in [3.8, 4) is 0 Å². The van der Waals surface area contributed by atoms with E-state index in [0.717, 1.165) is 54.9 Å². The fourth-order valence-corrected chi connectivity index (χ4v) is 4.19. The summed E-state index contributed by atoms with van der Waals surface area (Å²) in [6.07, 6.45) is 2.41. The Bertz CT molecular complexity index is 993. The second-order valence-corrected chi connectivity index (χ2v) is 7.82. The summed E-state index contributed by atoms with van der Waals surface area (Å²) in [6.45, 7) is 4.76. The van der Waals surface area contributed by atoms with Crippen molar-refractivity contribution >= 4 is 16.8 Å². The monoisotopic (exact) mass is 409 g/mol. The number of halogens is 1. The van der Waals surface area contributed by atoms with Gasteiger partial charge in [0.25, 0.3) is 0 Å². The Balaban J connectivity index is 1.52. The quantitative estimate of drug-likeness (QED) is 0.651. The molecule has 2 heterocycles. The van der Waals surface area contributed by atoms with Crippen LogP contribution in [0.4, 0.5) is 4.39 Å². The summed E-state index contributed by atoms with van der Waals surface area (Å²) in [4.78, 5) is 15.1. The molecule has 0 aliphatic carbocycles. The molecule has 1 unspecified atom stereocenters. The number of nitrogens with zero attached hydrogens (tertiary/aromatic N) is 2. The zero-order valence-electron chi connectivity index (χ0n) is 17.3. The average Bonchev–Trinajstić information content (AvgIpc) is 3.10. The minimum atomic E-state index is -0.273. The van der Waals surface area contributed by atoms with Gasteiger partial charge in [0.2, 0.25) is 5.91 Å². The lowest BCUT2D eigenvalue weighted by atomic mass is 9.88. The normalized spacial score (nSPS) is 15.9. The van der Waals surface area contributed by atoms with Gasteiger partial charge < -0.3 is 14.6 Å². The molecular weight excluding hydrogens is 381 g/mol. The van der Waals surface area contributed by atoms with E-state index in [-0.39, 0.29) is 17.6 Å². The maximum atomic E-state index is 13.5. The fraction of sp³-hybridized carbons (Fsp3) is 0.375. The first-order chi connectivity index (χ1) is 14.6. The number of rotatable bonds is 7. The van der Waals surface area contributed by atoms with Crippen molar-refractivity contribution in [3.63, 3.8) is 0 Å². The fourth-order valence-electron chi connectivity index (χ4n) is 4.19. The molecule has 0 bridgehead atoms. The van der Waals surface area contributed by atoms with Crippen LogP contribution in [0.5, 0.6) is 0 Å². The van der Waals surface area contributed by atoms with Crippen molar-refractivity contribution < 1.29 is 13.9 Å². The topological polar surface area (TPSA) is 46.5 Å². The molecule has 0 saturated carbocycles. The predicted octanol–water partition coefficient (Wildman–Crippen LogP) is 3.29. The second kappa shape index (κ2) is 9.41. The van der Waals surface area contributed by atoms with E-state index in [1.807, 2.05) is 19.2 Å². The highest BCUT2D eigenvalue weighted by Crippen LogP contribution is 2.34. The van der Waals surface area contributed by atoms with Crippen molar-refractivity contribution in [3.05, 3.63) is 71.7 Å². The molecule has 30 heavy (non-hydrogen) atoms. The van der Waals surface area contributed by atoms with Crippen LogP contribution < -0.4 is 5.32 Å². The molecule has 1 aromatic heterocycles. The number of morpholine rings is 1. The van der Waals surface area contributed by atoms with E-state index in [9.17, 15) is 9.18 Å². The summed E-state index contributed by atoms with van der Waals surface area (Å²) in [7, 11) is 2.01. The van der Waals surface area contributed by atoms with Gasteiger partial charge in [0.05, 0.1) is 13.2 Å². The number of amides is 1. The molecule has 1 saturated heterocycles. The van der Waals surface area contributed by atoms with Crippen LogP contribution in [-0.4, -0.2) is 54.8 Å². The molecule has 3 aromatic rings. The molecule has 1 aliphatic heterocycles. The summed E-state index contributed by atoms with van der Waals surface area (Å²) in [5, 5.41) is 4.18. The highest BCUT2D eigenvalue weighted by atomic mass is 19.1. The van der Waals surface area contributed by atoms with Gasteiger partial charge in [-0.3, -0.25) is 9.69 Å². The largest absolute Gasteiger partial charge is 0.379 e. The number of nitrogens with one attached hydrogen (secondary N) is 1. The van der Waals surface area contributed by atoms with Gasteiger partial charge in [-0.1, -0.05) is 30.3 Å². The zero-order valence-corrected chi connectivity index (χ0v) is 17.3. The van der Waals surface area contributed by atoms with E-state index in [1.165, 1.54) is 12.1 Å². The maximum absolute atomic E-state index is 13.5. The van der Waals surface area contributed by atoms with Gasteiger partial charge in [-0.15, -0.1) is 0 Å². The minimum absolute atomic E-state index is 0.00511. The van der Waals surface area contributed by atoms with Crippen molar-refractivity contribution in [2.75, 3.05) is 39.4 Å². The predicted molar refractivity (Wildman–Crippen MR) is 116 cm³/mol. The van der Waals surface area contributed by atoms with Crippen LogP contribution in [-0.2, 0) is 16.6 Å². The molecule has 158 valence electrons. The minimum Gasteiger partial charge on any atom is -0.379 e. The van der Waals surface area contributed by atoms with Gasteiger partial charge in [-0.05, 0) is 29.3 Å². The molecule has 0 spiro atoms. The van der Waals surface area contributed by atoms with Gasteiger partial charge in [0.15, 0.2) is 0 Å². The molecule has 5 nitrogen and oxygen atoms in total. The van der Waals surface area contributed by atoms with E-state index in [0.29, 0.717) is 13.0 Å². The van der Waals surface area contributed by atoms with Crippen LogP contribution in [0, 0.1) is 5.82 Å². The summed E-state index contributed by atoms with van der Waals surface area (Å²) >= 11 is 0. The standard InChI is InChI=1S/C24H28FN3O2/c1-27-17-22(20-4-2-3-5-23(20)27)21(18-6-8-19(25)9-7-18)16-24(29)26-10-11-28-12-14-30-15-13-28/h2-9,17,21H,10-16H2,1H3,(H,26,29).